The lowest BCUT2D eigenvalue weighted by Crippen LogP contribution is -2.32. The maximum absolute atomic E-state index is 5.72. The van der Waals surface area contributed by atoms with Gasteiger partial charge in [0.15, 0.2) is 11.5 Å². The summed E-state index contributed by atoms with van der Waals surface area (Å²) in [5, 5.41) is 3.27. The summed E-state index contributed by atoms with van der Waals surface area (Å²) in [7, 11) is 0. The van der Waals surface area contributed by atoms with E-state index in [0.717, 1.165) is 25.0 Å². The Morgan fingerprint density at radius 2 is 2.44 bits per heavy atom. The Hall–Kier alpha value is -1.89. The van der Waals surface area contributed by atoms with E-state index >= 15 is 0 Å². The third-order valence-electron chi connectivity index (χ3n) is 3.23. The smallest absolute Gasteiger partial charge is 0.224 e. The summed E-state index contributed by atoms with van der Waals surface area (Å²) < 4.78 is 5.72. The Labute approximate surface area is 104 Å². The molecule has 1 aliphatic rings. The lowest BCUT2D eigenvalue weighted by molar-refractivity contribution is 0.0315. The Morgan fingerprint density at radius 1 is 1.56 bits per heavy atom. The number of anilines is 2. The molecule has 96 valence electrons. The minimum Gasteiger partial charge on any atom is -0.373 e. The van der Waals surface area contributed by atoms with Gasteiger partial charge in [-0.3, -0.25) is 0 Å². The van der Waals surface area contributed by atoms with E-state index in [-0.39, 0.29) is 11.5 Å². The maximum Gasteiger partial charge on any atom is 0.224 e. The Morgan fingerprint density at radius 3 is 3.22 bits per heavy atom. The molecule has 7 nitrogen and oxygen atoms in total. The predicted molar refractivity (Wildman–Crippen MR) is 68.2 cm³/mol. The molecule has 18 heavy (non-hydrogen) atoms. The number of hydrogen-bond donors (Lipinski definition) is 3. The molecule has 0 amide bonds. The Kier molecular flexibility index (Phi) is 2.55. The highest BCUT2D eigenvalue weighted by atomic mass is 16.5. The van der Waals surface area contributed by atoms with Gasteiger partial charge in [0.05, 0.1) is 11.9 Å². The van der Waals surface area contributed by atoms with Crippen LogP contribution >= 0.6 is 0 Å². The number of nitrogens with one attached hydrogen (secondary N) is 2. The first kappa shape index (κ1) is 11.2. The Balaban J connectivity index is 1.83. The zero-order valence-corrected chi connectivity index (χ0v) is 10.2. The van der Waals surface area contributed by atoms with Crippen molar-refractivity contribution in [3.8, 4) is 0 Å². The summed E-state index contributed by atoms with van der Waals surface area (Å²) in [4.78, 5) is 15.3. The van der Waals surface area contributed by atoms with Gasteiger partial charge in [-0.2, -0.15) is 9.97 Å². The van der Waals surface area contributed by atoms with Crippen LogP contribution in [0.2, 0.25) is 0 Å². The molecular formula is C11H16N6O. The first-order chi connectivity index (χ1) is 8.66. The average Bonchev–Trinajstić information content (AvgIpc) is 2.95. The lowest BCUT2D eigenvalue weighted by Gasteiger charge is -2.23. The molecule has 1 fully saturated rings. The number of nitrogen functional groups attached to an aromatic ring is 1. The second-order valence-electron chi connectivity index (χ2n) is 4.79. The number of imidazole rings is 1. The number of ether oxygens (including phenoxy) is 1. The van der Waals surface area contributed by atoms with Crippen LogP contribution in [0.4, 0.5) is 11.8 Å². The molecule has 0 radical (unpaired) electrons. The largest absolute Gasteiger partial charge is 0.373 e. The van der Waals surface area contributed by atoms with E-state index in [1.165, 1.54) is 0 Å². The zero-order valence-electron chi connectivity index (χ0n) is 10.2. The van der Waals surface area contributed by atoms with Crippen molar-refractivity contribution in [2.75, 3.05) is 24.2 Å². The molecule has 4 N–H and O–H groups in total. The molecule has 2 aromatic heterocycles. The van der Waals surface area contributed by atoms with Gasteiger partial charge in [0, 0.05) is 13.2 Å². The second-order valence-corrected chi connectivity index (χ2v) is 4.79. The van der Waals surface area contributed by atoms with Gasteiger partial charge in [0.25, 0.3) is 0 Å². The standard InChI is InChI=1S/C11H16N6O/c1-11(3-2-4-18-11)5-13-8-7-9(15-6-14-7)17-10(12)16-8/h6H,2-5H2,1H3,(H4,12,13,14,15,16,17). The molecule has 1 aliphatic heterocycles. The number of nitrogens with zero attached hydrogens (tertiary/aromatic N) is 3. The summed E-state index contributed by atoms with van der Waals surface area (Å²) in [5.74, 6) is 0.890. The molecule has 1 saturated heterocycles. The number of fused-ring (bicyclic) bond motifs is 1. The van der Waals surface area contributed by atoms with E-state index in [2.05, 4.69) is 32.2 Å². The summed E-state index contributed by atoms with van der Waals surface area (Å²) in [6.45, 7) is 3.61. The molecule has 0 aliphatic carbocycles. The molecule has 7 heteroatoms. The molecule has 1 unspecified atom stereocenters. The number of H-pyrrole nitrogens is 1. The highest BCUT2D eigenvalue weighted by molar-refractivity contribution is 5.83. The van der Waals surface area contributed by atoms with Crippen molar-refractivity contribution in [3.63, 3.8) is 0 Å². The molecule has 3 rings (SSSR count). The van der Waals surface area contributed by atoms with Gasteiger partial charge < -0.3 is 20.8 Å². The van der Waals surface area contributed by atoms with Crippen LogP contribution in [0.3, 0.4) is 0 Å². The van der Waals surface area contributed by atoms with Gasteiger partial charge in [0.1, 0.15) is 5.52 Å². The molecule has 0 saturated carbocycles. The van der Waals surface area contributed by atoms with Gasteiger partial charge in [-0.15, -0.1) is 0 Å². The van der Waals surface area contributed by atoms with Crippen LogP contribution in [0.1, 0.15) is 19.8 Å². The second kappa shape index (κ2) is 4.09. The van der Waals surface area contributed by atoms with Crippen LogP contribution in [0.25, 0.3) is 11.2 Å². The van der Waals surface area contributed by atoms with Gasteiger partial charge in [-0.25, -0.2) is 4.98 Å². The van der Waals surface area contributed by atoms with Crippen molar-refractivity contribution in [3.05, 3.63) is 6.33 Å². The fourth-order valence-electron chi connectivity index (χ4n) is 2.22. The van der Waals surface area contributed by atoms with Crippen molar-refractivity contribution in [1.82, 2.24) is 19.9 Å². The third-order valence-corrected chi connectivity index (χ3v) is 3.23. The third kappa shape index (κ3) is 1.97. The van der Waals surface area contributed by atoms with Crippen LogP contribution < -0.4 is 11.1 Å². The van der Waals surface area contributed by atoms with Crippen molar-refractivity contribution < 1.29 is 4.74 Å². The van der Waals surface area contributed by atoms with Crippen molar-refractivity contribution in [2.24, 2.45) is 0 Å². The van der Waals surface area contributed by atoms with Crippen LogP contribution in [0.15, 0.2) is 6.33 Å². The molecular weight excluding hydrogens is 232 g/mol. The minimum atomic E-state index is -0.133. The zero-order chi connectivity index (χ0) is 12.6. The van der Waals surface area contributed by atoms with Crippen LogP contribution in [-0.2, 0) is 4.74 Å². The number of aromatic nitrogens is 4. The summed E-state index contributed by atoms with van der Waals surface area (Å²) in [6, 6.07) is 0. The van der Waals surface area contributed by atoms with Crippen LogP contribution in [0, 0.1) is 0 Å². The topological polar surface area (TPSA) is 102 Å². The molecule has 2 aromatic rings. The monoisotopic (exact) mass is 248 g/mol. The quantitative estimate of drug-likeness (QED) is 0.746. The van der Waals surface area contributed by atoms with E-state index in [4.69, 9.17) is 10.5 Å². The number of hydrogen-bond acceptors (Lipinski definition) is 6. The van der Waals surface area contributed by atoms with E-state index in [9.17, 15) is 0 Å². The van der Waals surface area contributed by atoms with Gasteiger partial charge >= 0.3 is 0 Å². The molecule has 1 atom stereocenters. The molecule has 0 spiro atoms. The number of rotatable bonds is 3. The fourth-order valence-corrected chi connectivity index (χ4v) is 2.22. The summed E-state index contributed by atoms with van der Waals surface area (Å²) in [6.07, 6.45) is 3.73. The maximum atomic E-state index is 5.72. The van der Waals surface area contributed by atoms with E-state index in [1.54, 1.807) is 6.33 Å². The SMILES string of the molecule is CC1(CNc2nc(N)nc3nc[nH]c23)CCCO1. The summed E-state index contributed by atoms with van der Waals surface area (Å²) >= 11 is 0. The van der Waals surface area contributed by atoms with Crippen molar-refractivity contribution >= 4 is 22.9 Å². The van der Waals surface area contributed by atoms with Crippen LogP contribution in [-0.4, -0.2) is 38.7 Å². The summed E-state index contributed by atoms with van der Waals surface area (Å²) in [5.41, 5.74) is 6.86. The minimum absolute atomic E-state index is 0.133. The fraction of sp³-hybridized carbons (Fsp3) is 0.545. The first-order valence-corrected chi connectivity index (χ1v) is 6.01. The van der Waals surface area contributed by atoms with E-state index < -0.39 is 0 Å². The molecule has 0 aromatic carbocycles. The van der Waals surface area contributed by atoms with Gasteiger partial charge in [-0.05, 0) is 19.8 Å². The molecule has 3 heterocycles. The average molecular weight is 248 g/mol. The van der Waals surface area contributed by atoms with Crippen molar-refractivity contribution in [1.29, 1.82) is 0 Å². The normalized spacial score (nSPS) is 23.6. The highest BCUT2D eigenvalue weighted by Gasteiger charge is 2.29. The lowest BCUT2D eigenvalue weighted by atomic mass is 10.0. The van der Waals surface area contributed by atoms with E-state index in [0.29, 0.717) is 18.0 Å². The Bertz CT molecular complexity index is 560. The van der Waals surface area contributed by atoms with Gasteiger partial charge in [-0.1, -0.05) is 0 Å². The predicted octanol–water partition coefficient (Wildman–Crippen LogP) is 0.916. The molecule has 0 bridgehead atoms. The van der Waals surface area contributed by atoms with Gasteiger partial charge in [0.2, 0.25) is 5.95 Å². The first-order valence-electron chi connectivity index (χ1n) is 6.01. The number of nitrogens with two attached hydrogens (primary N) is 1. The van der Waals surface area contributed by atoms with Crippen molar-refractivity contribution in [2.45, 2.75) is 25.4 Å². The van der Waals surface area contributed by atoms with E-state index in [1.807, 2.05) is 0 Å². The highest BCUT2D eigenvalue weighted by Crippen LogP contribution is 2.26. The number of aromatic amines is 1. The van der Waals surface area contributed by atoms with Crippen LogP contribution in [0.5, 0.6) is 0 Å².